The highest BCUT2D eigenvalue weighted by molar-refractivity contribution is 9.10. The van der Waals surface area contributed by atoms with E-state index >= 15 is 0 Å². The maximum Gasteiger partial charge on any atom is 0.252 e. The molecule has 2 aromatic rings. The summed E-state index contributed by atoms with van der Waals surface area (Å²) in [6.07, 6.45) is 0.914. The third-order valence-corrected chi connectivity index (χ3v) is 4.71. The quantitative estimate of drug-likeness (QED) is 0.560. The minimum absolute atomic E-state index is 0.133. The molecule has 2 nitrogen and oxygen atoms in total. The first-order chi connectivity index (χ1) is 10.2. The van der Waals surface area contributed by atoms with Crippen molar-refractivity contribution < 1.29 is 4.79 Å². The molecular weight excluding hydrogens is 370 g/mol. The van der Waals surface area contributed by atoms with Gasteiger partial charge in [0.2, 0.25) is 0 Å². The first-order valence-electron chi connectivity index (χ1n) is 6.58. The predicted octanol–water partition coefficient (Wildman–Crippen LogP) is 5.01. The number of halogens is 2. The lowest BCUT2D eigenvalue weighted by molar-refractivity contribution is 0.0954. The highest BCUT2D eigenvalue weighted by Gasteiger charge is 2.09. The summed E-state index contributed by atoms with van der Waals surface area (Å²) in [6, 6.07) is 15.5. The Labute approximate surface area is 142 Å². The van der Waals surface area contributed by atoms with Crippen molar-refractivity contribution in [2.75, 3.05) is 12.3 Å². The summed E-state index contributed by atoms with van der Waals surface area (Å²) in [4.78, 5) is 13.3. The largest absolute Gasteiger partial charge is 0.352 e. The van der Waals surface area contributed by atoms with E-state index in [1.807, 2.05) is 24.3 Å². The first-order valence-corrected chi connectivity index (χ1v) is 8.73. The molecule has 1 N–H and O–H groups in total. The fourth-order valence-corrected chi connectivity index (χ4v) is 3.19. The molecule has 0 bridgehead atoms. The number of hydrogen-bond acceptors (Lipinski definition) is 2. The Morgan fingerprint density at radius 1 is 1.19 bits per heavy atom. The van der Waals surface area contributed by atoms with Crippen LogP contribution < -0.4 is 5.32 Å². The normalized spacial score (nSPS) is 10.4. The van der Waals surface area contributed by atoms with E-state index in [-0.39, 0.29) is 5.91 Å². The molecule has 2 aromatic carbocycles. The molecule has 0 saturated heterocycles. The van der Waals surface area contributed by atoms with E-state index < -0.39 is 0 Å². The van der Waals surface area contributed by atoms with Crippen molar-refractivity contribution in [2.24, 2.45) is 0 Å². The maximum absolute atomic E-state index is 12.0. The van der Waals surface area contributed by atoms with Gasteiger partial charge in [-0.15, -0.1) is 11.8 Å². The van der Waals surface area contributed by atoms with Gasteiger partial charge in [0.1, 0.15) is 0 Å². The summed E-state index contributed by atoms with van der Waals surface area (Å²) >= 11 is 11.2. The fraction of sp³-hybridized carbons (Fsp3) is 0.188. The molecule has 0 aliphatic carbocycles. The van der Waals surface area contributed by atoms with Gasteiger partial charge < -0.3 is 5.32 Å². The van der Waals surface area contributed by atoms with E-state index in [1.54, 1.807) is 23.9 Å². The number of nitrogens with one attached hydrogen (secondary N) is 1. The number of carbonyl (C=O) groups is 1. The molecule has 0 spiro atoms. The van der Waals surface area contributed by atoms with Gasteiger partial charge in [0.15, 0.2) is 0 Å². The van der Waals surface area contributed by atoms with Gasteiger partial charge in [-0.25, -0.2) is 0 Å². The van der Waals surface area contributed by atoms with Crippen molar-refractivity contribution in [3.05, 3.63) is 63.6 Å². The second kappa shape index (κ2) is 8.47. The average molecular weight is 385 g/mol. The van der Waals surface area contributed by atoms with Crippen LogP contribution >= 0.6 is 39.3 Å². The summed E-state index contributed by atoms with van der Waals surface area (Å²) in [5.41, 5.74) is 0.502. The van der Waals surface area contributed by atoms with Crippen molar-refractivity contribution in [1.29, 1.82) is 0 Å². The van der Waals surface area contributed by atoms with Crippen LogP contribution in [0.5, 0.6) is 0 Å². The van der Waals surface area contributed by atoms with E-state index in [0.29, 0.717) is 17.1 Å². The summed E-state index contributed by atoms with van der Waals surface area (Å²) in [7, 11) is 0. The van der Waals surface area contributed by atoms with Crippen molar-refractivity contribution in [1.82, 2.24) is 5.32 Å². The van der Waals surface area contributed by atoms with Crippen LogP contribution in [0.4, 0.5) is 0 Å². The van der Waals surface area contributed by atoms with Crippen LogP contribution in [0.1, 0.15) is 16.8 Å². The zero-order valence-corrected chi connectivity index (χ0v) is 14.5. The molecule has 2 rings (SSSR count). The molecule has 110 valence electrons. The summed E-state index contributed by atoms with van der Waals surface area (Å²) in [5.74, 6) is 0.835. The molecule has 0 aliphatic heterocycles. The molecule has 0 fully saturated rings. The van der Waals surface area contributed by atoms with E-state index in [4.69, 9.17) is 11.6 Å². The smallest absolute Gasteiger partial charge is 0.252 e. The predicted molar refractivity (Wildman–Crippen MR) is 93.3 cm³/mol. The molecule has 0 heterocycles. The first kappa shape index (κ1) is 16.4. The monoisotopic (exact) mass is 383 g/mol. The number of thioether (sulfide) groups is 1. The fourth-order valence-electron chi connectivity index (χ4n) is 1.75. The van der Waals surface area contributed by atoms with Gasteiger partial charge in [-0.3, -0.25) is 4.79 Å². The van der Waals surface area contributed by atoms with Gasteiger partial charge in [0.05, 0.1) is 10.6 Å². The maximum atomic E-state index is 12.0. The van der Waals surface area contributed by atoms with Gasteiger partial charge >= 0.3 is 0 Å². The van der Waals surface area contributed by atoms with Crippen molar-refractivity contribution >= 4 is 45.2 Å². The Kier molecular flexibility index (Phi) is 6.61. The van der Waals surface area contributed by atoms with Crippen molar-refractivity contribution in [3.8, 4) is 0 Å². The van der Waals surface area contributed by atoms with Crippen molar-refractivity contribution in [3.63, 3.8) is 0 Å². The Hall–Kier alpha value is -0.970. The molecule has 5 heteroatoms. The highest BCUT2D eigenvalue weighted by atomic mass is 79.9. The van der Waals surface area contributed by atoms with Crippen LogP contribution in [0, 0.1) is 0 Å². The van der Waals surface area contributed by atoms with Crippen LogP contribution in [0.3, 0.4) is 0 Å². The molecule has 0 aliphatic rings. The number of hydrogen-bond donors (Lipinski definition) is 1. The lowest BCUT2D eigenvalue weighted by Crippen LogP contribution is -2.25. The third kappa shape index (κ3) is 5.38. The van der Waals surface area contributed by atoms with Gasteiger partial charge in [0.25, 0.3) is 5.91 Å². The molecule has 0 saturated carbocycles. The molecule has 0 radical (unpaired) electrons. The average Bonchev–Trinajstić information content (AvgIpc) is 2.50. The summed E-state index contributed by atoms with van der Waals surface area (Å²) in [6.45, 7) is 0.640. The van der Waals surface area contributed by atoms with Gasteiger partial charge in [0, 0.05) is 15.9 Å². The van der Waals surface area contributed by atoms with Crippen LogP contribution in [0.15, 0.2) is 57.9 Å². The topological polar surface area (TPSA) is 29.1 Å². The molecule has 0 aromatic heterocycles. The van der Waals surface area contributed by atoms with Crippen molar-refractivity contribution in [2.45, 2.75) is 11.3 Å². The Morgan fingerprint density at radius 3 is 2.71 bits per heavy atom. The van der Waals surface area contributed by atoms with Gasteiger partial charge in [-0.05, 0) is 42.5 Å². The highest BCUT2D eigenvalue weighted by Crippen LogP contribution is 2.21. The molecule has 1 amide bonds. The zero-order chi connectivity index (χ0) is 15.1. The number of rotatable bonds is 6. The SMILES string of the molecule is O=C(NCCCSc1ccccc1)c1cc(Br)ccc1Cl. The second-order valence-electron chi connectivity index (χ2n) is 4.40. The number of amides is 1. The Morgan fingerprint density at radius 2 is 1.95 bits per heavy atom. The van der Waals surface area contributed by atoms with E-state index in [9.17, 15) is 4.79 Å². The van der Waals surface area contributed by atoms with Gasteiger partial charge in [-0.1, -0.05) is 45.7 Å². The summed E-state index contributed by atoms with van der Waals surface area (Å²) in [5, 5.41) is 3.36. The molecule has 21 heavy (non-hydrogen) atoms. The van der Waals surface area contributed by atoms with Crippen LogP contribution in [-0.2, 0) is 0 Å². The zero-order valence-electron chi connectivity index (χ0n) is 11.3. The minimum atomic E-state index is -0.133. The van der Waals surface area contributed by atoms with Crippen LogP contribution in [0.2, 0.25) is 5.02 Å². The lowest BCUT2D eigenvalue weighted by atomic mass is 10.2. The number of carbonyl (C=O) groups excluding carboxylic acids is 1. The summed E-state index contributed by atoms with van der Waals surface area (Å²) < 4.78 is 0.844. The molecule has 0 atom stereocenters. The number of benzene rings is 2. The third-order valence-electron chi connectivity index (χ3n) is 2.79. The molecule has 0 unspecified atom stereocenters. The Balaban J connectivity index is 1.73. The van der Waals surface area contributed by atoms with E-state index in [2.05, 4.69) is 33.4 Å². The van der Waals surface area contributed by atoms with Crippen LogP contribution in [0.25, 0.3) is 0 Å². The minimum Gasteiger partial charge on any atom is -0.352 e. The van der Waals surface area contributed by atoms with Gasteiger partial charge in [-0.2, -0.15) is 0 Å². The van der Waals surface area contributed by atoms with E-state index in [0.717, 1.165) is 16.6 Å². The standard InChI is InChI=1S/C16H15BrClNOS/c17-12-7-8-15(18)14(11-12)16(20)19-9-4-10-21-13-5-2-1-3-6-13/h1-3,5-8,11H,4,9-10H2,(H,19,20). The second-order valence-corrected chi connectivity index (χ2v) is 6.89. The van der Waals surface area contributed by atoms with E-state index in [1.165, 1.54) is 4.90 Å². The van der Waals surface area contributed by atoms with Crippen LogP contribution in [-0.4, -0.2) is 18.2 Å². The Bertz CT molecular complexity index is 606. The lowest BCUT2D eigenvalue weighted by Gasteiger charge is -2.07. The molecular formula is C16H15BrClNOS.